The van der Waals surface area contributed by atoms with Gasteiger partial charge in [0.05, 0.1) is 31.5 Å². The summed E-state index contributed by atoms with van der Waals surface area (Å²) < 4.78 is 35.3. The molecule has 3 aliphatic heterocycles. The fourth-order valence-corrected chi connectivity index (χ4v) is 11.3. The van der Waals surface area contributed by atoms with Crippen molar-refractivity contribution in [3.63, 3.8) is 0 Å². The van der Waals surface area contributed by atoms with E-state index in [1.54, 1.807) is 47.2 Å². The fraction of sp³-hybridized carbons (Fsp3) is 0.689. The number of rotatable bonds is 14. The van der Waals surface area contributed by atoms with Gasteiger partial charge in [-0.05, 0) is 108 Å². The number of allylic oxidation sites excluding steroid dienone is 6. The summed E-state index contributed by atoms with van der Waals surface area (Å²) >= 11 is 0. The number of aliphatic hydroxyl groups is 3. The van der Waals surface area contributed by atoms with E-state index in [9.17, 15) is 48.9 Å². The van der Waals surface area contributed by atoms with Crippen LogP contribution in [0.1, 0.15) is 136 Å². The molecule has 22 nitrogen and oxygen atoms in total. The molecule has 7 N–H and O–H groups in total. The van der Waals surface area contributed by atoms with E-state index in [-0.39, 0.29) is 81.8 Å². The Morgan fingerprint density at radius 1 is 0.855 bits per heavy atom. The third-order valence-corrected chi connectivity index (χ3v) is 16.5. The first-order valence-electron chi connectivity index (χ1n) is 29.4. The number of amides is 3. The van der Waals surface area contributed by atoms with Crippen LogP contribution in [0, 0.1) is 36.5 Å². The second-order valence-corrected chi connectivity index (χ2v) is 23.1. The SMILES string of the molecule is CO[C@H]1C[C@@H]2CC[C@@H](C)[C@@](O)(O2)C(=O)C(=O)N2CCCC[C@H]2C(=O)O[C@H]([C@H](N)C[C@@H]2CC[C@@H](OC(=O)NCCOCCC(=O)NCc3cnc(C)nc3)[C@H](OC)C2)CC(=O)[C@H](C)/C=C(\C)[C@@H](O)[C@@H](O)C(=O)[C@H](C)C[C@H](C)/C=C/C=C/C=C/1C. The molecule has 2 saturated heterocycles. The summed E-state index contributed by atoms with van der Waals surface area (Å²) in [5, 5.41) is 39.8. The van der Waals surface area contributed by atoms with Crippen LogP contribution in [0.15, 0.2) is 60.0 Å². The highest BCUT2D eigenvalue weighted by Crippen LogP contribution is 2.37. The Balaban J connectivity index is 1.29. The van der Waals surface area contributed by atoms with E-state index in [0.29, 0.717) is 57.2 Å². The number of ether oxygens (including phenoxy) is 6. The Kier molecular flexibility index (Phi) is 27.3. The molecule has 3 fully saturated rings. The van der Waals surface area contributed by atoms with Crippen LogP contribution < -0.4 is 16.4 Å². The number of esters is 1. The van der Waals surface area contributed by atoms with Gasteiger partial charge in [-0.25, -0.2) is 19.6 Å². The summed E-state index contributed by atoms with van der Waals surface area (Å²) in [6, 6.07) is -2.23. The van der Waals surface area contributed by atoms with Crippen LogP contribution in [0.5, 0.6) is 0 Å². The average molecular weight is 1170 g/mol. The maximum absolute atomic E-state index is 14.5. The summed E-state index contributed by atoms with van der Waals surface area (Å²) in [5.41, 5.74) is 8.74. The van der Waals surface area contributed by atoms with Gasteiger partial charge in [0.25, 0.3) is 11.7 Å². The predicted octanol–water partition coefficient (Wildman–Crippen LogP) is 4.77. The molecule has 1 saturated carbocycles. The molecule has 4 heterocycles. The number of nitrogens with one attached hydrogen (secondary N) is 2. The standard InChI is InChI=1S/C61H92N6O16/c1-36-15-11-10-12-16-37(2)50(78-8)31-45-20-18-41(6)61(77,83-45)57(73)58(74)67-24-14-13-17-47(67)59(75)81-51(32-48(68)38(3)28-40(5)55(71)56(72)54(70)39(4)27-36)46(62)29-43-19-21-49(52(30-43)79-9)82-60(76)63-23-26-80-25-22-53(69)66-35-44-33-64-42(7)65-34-44/h10-12,15-16,28,33-34,36,38-39,41,43,45-47,49-52,55-56,71-72,77H,13-14,17-27,29-32,35,62H2,1-9H3,(H,63,76)(H,66,69)/b12-10+,15-11+,37-16+,40-28+/t36-,38-,39-,41-,43+,45+,46-,47+,49-,50+,51+,52-,55-,56+,61-/m1/s1. The summed E-state index contributed by atoms with van der Waals surface area (Å²) in [5.74, 6) is -8.81. The Hall–Kier alpha value is -5.59. The highest BCUT2D eigenvalue weighted by molar-refractivity contribution is 6.39. The Morgan fingerprint density at radius 3 is 2.30 bits per heavy atom. The largest absolute Gasteiger partial charge is 0.459 e. The van der Waals surface area contributed by atoms with Crippen LogP contribution >= 0.6 is 0 Å². The molecule has 4 aliphatic rings. The summed E-state index contributed by atoms with van der Waals surface area (Å²) in [6.07, 6.45) is 10.2. The molecule has 0 aromatic carbocycles. The van der Waals surface area contributed by atoms with Gasteiger partial charge in [-0.2, -0.15) is 0 Å². The molecule has 0 radical (unpaired) electrons. The van der Waals surface area contributed by atoms with Crippen molar-refractivity contribution >= 4 is 41.2 Å². The zero-order valence-electron chi connectivity index (χ0n) is 50.0. The minimum Gasteiger partial charge on any atom is -0.459 e. The summed E-state index contributed by atoms with van der Waals surface area (Å²) in [6.45, 7) is 12.7. The number of cyclic esters (lactones) is 1. The number of Topliss-reactive ketones (excluding diaryl/α,β-unsaturated/α-hetero) is 3. The molecule has 1 aliphatic carbocycles. The third-order valence-electron chi connectivity index (χ3n) is 16.5. The highest BCUT2D eigenvalue weighted by Gasteiger charge is 2.53. The fourth-order valence-electron chi connectivity index (χ4n) is 11.3. The number of carbonyl (C=O) groups excluding carboxylic acids is 7. The zero-order valence-corrected chi connectivity index (χ0v) is 50.0. The number of carbonyl (C=O) groups is 7. The topological polar surface area (TPSA) is 315 Å². The number of fused-ring (bicyclic) bond motifs is 3. The predicted molar refractivity (Wildman–Crippen MR) is 305 cm³/mol. The average Bonchev–Trinajstić information content (AvgIpc) is 3.23. The Labute approximate surface area is 488 Å². The first kappa shape index (κ1) is 68.2. The lowest BCUT2D eigenvalue weighted by atomic mass is 9.80. The monoisotopic (exact) mass is 1160 g/mol. The highest BCUT2D eigenvalue weighted by atomic mass is 16.6. The first-order chi connectivity index (χ1) is 39.4. The van der Waals surface area contributed by atoms with Crippen LogP contribution in [0.4, 0.5) is 4.79 Å². The lowest BCUT2D eigenvalue weighted by Gasteiger charge is -2.42. The van der Waals surface area contributed by atoms with Gasteiger partial charge in [0.1, 0.15) is 42.1 Å². The Morgan fingerprint density at radius 2 is 1.59 bits per heavy atom. The molecule has 5 rings (SSSR count). The van der Waals surface area contributed by atoms with Gasteiger partial charge in [0.15, 0.2) is 5.78 Å². The van der Waals surface area contributed by atoms with Crippen molar-refractivity contribution in [2.75, 3.05) is 40.5 Å². The second kappa shape index (κ2) is 33.2. The smallest absolute Gasteiger partial charge is 0.407 e. The van der Waals surface area contributed by atoms with Gasteiger partial charge in [-0.15, -0.1) is 0 Å². The van der Waals surface area contributed by atoms with Crippen molar-refractivity contribution in [1.29, 1.82) is 0 Å². The van der Waals surface area contributed by atoms with E-state index >= 15 is 0 Å². The number of hydrogen-bond acceptors (Lipinski definition) is 19. The van der Waals surface area contributed by atoms with Crippen molar-refractivity contribution in [3.8, 4) is 0 Å². The number of nitrogens with zero attached hydrogens (tertiary/aromatic N) is 3. The van der Waals surface area contributed by atoms with Gasteiger partial charge in [-0.1, -0.05) is 64.2 Å². The zero-order chi connectivity index (χ0) is 61.0. The van der Waals surface area contributed by atoms with Crippen LogP contribution in [0.3, 0.4) is 0 Å². The quantitative estimate of drug-likeness (QED) is 0.0632. The van der Waals surface area contributed by atoms with Crippen LogP contribution in [0.25, 0.3) is 0 Å². The van der Waals surface area contributed by atoms with Crippen molar-refractivity contribution in [1.82, 2.24) is 25.5 Å². The van der Waals surface area contributed by atoms with Gasteiger partial charge in [0.2, 0.25) is 11.7 Å². The van der Waals surface area contributed by atoms with E-state index in [4.69, 9.17) is 34.2 Å². The van der Waals surface area contributed by atoms with Crippen LogP contribution in [0.2, 0.25) is 0 Å². The van der Waals surface area contributed by atoms with Crippen molar-refractivity contribution < 1.29 is 77.3 Å². The van der Waals surface area contributed by atoms with E-state index < -0.39 is 120 Å². The van der Waals surface area contributed by atoms with Crippen LogP contribution in [-0.4, -0.2) is 173 Å². The number of hydrogen-bond donors (Lipinski definition) is 6. The van der Waals surface area contributed by atoms with E-state index in [0.717, 1.165) is 16.0 Å². The minimum absolute atomic E-state index is 0.00412. The number of piperidine rings is 1. The molecule has 22 heteroatoms. The minimum atomic E-state index is -2.50. The van der Waals surface area contributed by atoms with E-state index in [1.807, 2.05) is 44.2 Å². The van der Waals surface area contributed by atoms with Gasteiger partial charge in [0, 0.05) is 94.9 Å². The first-order valence-corrected chi connectivity index (χ1v) is 29.4. The number of nitrogens with two attached hydrogens (primary N) is 1. The van der Waals surface area contributed by atoms with Crippen molar-refractivity contribution in [3.05, 3.63) is 71.4 Å². The summed E-state index contributed by atoms with van der Waals surface area (Å²) in [7, 11) is 3.05. The normalized spacial score (nSPS) is 34.0. The molecule has 83 heavy (non-hydrogen) atoms. The molecule has 0 unspecified atom stereocenters. The van der Waals surface area contributed by atoms with E-state index in [2.05, 4.69) is 20.6 Å². The third kappa shape index (κ3) is 20.3. The number of aliphatic hydroxyl groups excluding tert-OH is 2. The molecule has 15 atom stereocenters. The number of ketones is 3. The number of aromatic nitrogens is 2. The molecule has 1 aromatic rings. The van der Waals surface area contributed by atoms with Gasteiger partial charge in [-0.3, -0.25) is 24.0 Å². The van der Waals surface area contributed by atoms with Gasteiger partial charge >= 0.3 is 12.1 Å². The second-order valence-electron chi connectivity index (χ2n) is 23.1. The van der Waals surface area contributed by atoms with Crippen molar-refractivity contribution in [2.24, 2.45) is 35.3 Å². The molecule has 3 amide bonds. The number of aryl methyl sites for hydroxylation is 1. The lowest BCUT2D eigenvalue weighted by molar-refractivity contribution is -0.265. The molecule has 2 bridgehead atoms. The van der Waals surface area contributed by atoms with Crippen molar-refractivity contribution in [2.45, 2.75) is 199 Å². The number of methoxy groups -OCH3 is 2. The van der Waals surface area contributed by atoms with Gasteiger partial charge < -0.3 is 65.0 Å². The molecule has 1 aromatic heterocycles. The molecular weight excluding hydrogens is 1070 g/mol. The van der Waals surface area contributed by atoms with E-state index in [1.165, 1.54) is 20.1 Å². The maximum atomic E-state index is 14.5. The lowest BCUT2D eigenvalue weighted by Crippen LogP contribution is -2.61. The summed E-state index contributed by atoms with van der Waals surface area (Å²) in [4.78, 5) is 105. The molecule has 462 valence electrons. The Bertz CT molecular complexity index is 2470. The molecular formula is C61H92N6O16. The maximum Gasteiger partial charge on any atom is 0.407 e. The number of alkyl carbamates (subject to hydrolysis) is 1. The molecule has 0 spiro atoms. The van der Waals surface area contributed by atoms with Crippen LogP contribution in [-0.2, 0) is 63.7 Å².